The molecule has 0 aromatic carbocycles. The summed E-state index contributed by atoms with van der Waals surface area (Å²) >= 11 is 0. The van der Waals surface area contributed by atoms with E-state index in [4.69, 9.17) is 5.73 Å². The number of hydrogen-bond acceptors (Lipinski definition) is 1. The topological polar surface area (TPSA) is 26.0 Å². The molecule has 1 nitrogen and oxygen atoms in total. The number of fused-ring (bicyclic) bond motifs is 2. The van der Waals surface area contributed by atoms with E-state index in [2.05, 4.69) is 13.8 Å². The van der Waals surface area contributed by atoms with Crippen LogP contribution in [0.5, 0.6) is 0 Å². The molecule has 3 aliphatic rings. The fourth-order valence-electron chi connectivity index (χ4n) is 5.86. The minimum Gasteiger partial charge on any atom is -0.327 e. The van der Waals surface area contributed by atoms with Crippen LogP contribution in [-0.2, 0) is 0 Å². The van der Waals surface area contributed by atoms with Gasteiger partial charge >= 0.3 is 0 Å². The molecule has 0 amide bonds. The molecule has 4 unspecified atom stereocenters. The Morgan fingerprint density at radius 1 is 1.11 bits per heavy atom. The molecular formula is C18H33N. The van der Waals surface area contributed by atoms with Gasteiger partial charge in [0.25, 0.3) is 0 Å². The maximum absolute atomic E-state index is 6.77. The average Bonchev–Trinajstić information content (AvgIpc) is 3.03. The van der Waals surface area contributed by atoms with E-state index in [9.17, 15) is 0 Å². The Morgan fingerprint density at radius 2 is 1.84 bits per heavy atom. The number of hydrogen-bond donors (Lipinski definition) is 1. The summed E-state index contributed by atoms with van der Waals surface area (Å²) in [5.74, 6) is 3.92. The molecule has 3 saturated carbocycles. The molecular weight excluding hydrogens is 230 g/mol. The highest BCUT2D eigenvalue weighted by Gasteiger charge is 2.44. The number of nitrogens with two attached hydrogens (primary N) is 1. The predicted molar refractivity (Wildman–Crippen MR) is 81.9 cm³/mol. The smallest absolute Gasteiger partial charge is 0.00984 e. The van der Waals surface area contributed by atoms with E-state index in [0.29, 0.717) is 11.5 Å². The molecule has 0 aromatic rings. The van der Waals surface area contributed by atoms with Crippen molar-refractivity contribution in [1.82, 2.24) is 0 Å². The minimum absolute atomic E-state index is 0.488. The summed E-state index contributed by atoms with van der Waals surface area (Å²) in [6, 6.07) is 0.488. The first-order chi connectivity index (χ1) is 9.09. The second-order valence-electron chi connectivity index (χ2n) is 8.44. The summed E-state index contributed by atoms with van der Waals surface area (Å²) in [6.45, 7) is 4.76. The maximum Gasteiger partial charge on any atom is 0.00984 e. The maximum atomic E-state index is 6.77. The van der Waals surface area contributed by atoms with Crippen LogP contribution in [0.4, 0.5) is 0 Å². The van der Waals surface area contributed by atoms with Gasteiger partial charge < -0.3 is 5.73 Å². The molecule has 0 radical (unpaired) electrons. The molecule has 19 heavy (non-hydrogen) atoms. The minimum atomic E-state index is 0.488. The van der Waals surface area contributed by atoms with Gasteiger partial charge in [0.05, 0.1) is 0 Å². The summed E-state index contributed by atoms with van der Waals surface area (Å²) in [7, 11) is 0. The van der Waals surface area contributed by atoms with Gasteiger partial charge in [0.15, 0.2) is 0 Å². The Labute approximate surface area is 119 Å². The van der Waals surface area contributed by atoms with Gasteiger partial charge in [0.1, 0.15) is 0 Å². The van der Waals surface area contributed by atoms with Crippen LogP contribution in [0, 0.1) is 29.1 Å². The number of rotatable bonds is 5. The van der Waals surface area contributed by atoms with E-state index in [-0.39, 0.29) is 0 Å². The lowest BCUT2D eigenvalue weighted by atomic mass is 9.69. The highest BCUT2D eigenvalue weighted by Crippen LogP contribution is 2.53. The van der Waals surface area contributed by atoms with E-state index in [0.717, 1.165) is 23.7 Å². The second-order valence-corrected chi connectivity index (χ2v) is 8.44. The van der Waals surface area contributed by atoms with Crippen molar-refractivity contribution in [2.24, 2.45) is 34.8 Å². The average molecular weight is 263 g/mol. The van der Waals surface area contributed by atoms with Crippen LogP contribution in [0.1, 0.15) is 78.1 Å². The van der Waals surface area contributed by atoms with Gasteiger partial charge in [0.2, 0.25) is 0 Å². The molecule has 2 N–H and O–H groups in total. The van der Waals surface area contributed by atoms with Crippen LogP contribution < -0.4 is 5.73 Å². The highest BCUT2D eigenvalue weighted by molar-refractivity contribution is 4.98. The monoisotopic (exact) mass is 263 g/mol. The third kappa shape index (κ3) is 2.73. The fourth-order valence-corrected chi connectivity index (χ4v) is 5.86. The summed E-state index contributed by atoms with van der Waals surface area (Å²) in [6.07, 6.45) is 14.5. The molecule has 0 aromatic heterocycles. The van der Waals surface area contributed by atoms with Crippen molar-refractivity contribution in [3.63, 3.8) is 0 Å². The quantitative estimate of drug-likeness (QED) is 0.761. The Balaban J connectivity index is 1.62. The van der Waals surface area contributed by atoms with E-state index in [1.165, 1.54) is 64.2 Å². The van der Waals surface area contributed by atoms with Gasteiger partial charge in [-0.05, 0) is 74.0 Å². The van der Waals surface area contributed by atoms with Crippen molar-refractivity contribution in [3.8, 4) is 0 Å². The standard InChI is InChI=1S/C18H33N/c1-13(2)12-18(7-3-4-8-18)17(19)11-16-10-14-5-6-15(16)9-14/h13-17H,3-12,19H2,1-2H3. The Bertz CT molecular complexity index is 303. The summed E-state index contributed by atoms with van der Waals surface area (Å²) in [4.78, 5) is 0. The third-order valence-corrected chi connectivity index (χ3v) is 6.64. The molecule has 0 heterocycles. The highest BCUT2D eigenvalue weighted by atomic mass is 14.7. The van der Waals surface area contributed by atoms with Gasteiger partial charge in [-0.2, -0.15) is 0 Å². The van der Waals surface area contributed by atoms with E-state index >= 15 is 0 Å². The molecule has 2 bridgehead atoms. The molecule has 1 heteroatoms. The Morgan fingerprint density at radius 3 is 2.37 bits per heavy atom. The van der Waals surface area contributed by atoms with E-state index < -0.39 is 0 Å². The van der Waals surface area contributed by atoms with Crippen LogP contribution in [0.3, 0.4) is 0 Å². The molecule has 110 valence electrons. The molecule has 3 rings (SSSR count). The first-order valence-corrected chi connectivity index (χ1v) is 8.84. The van der Waals surface area contributed by atoms with Crippen LogP contribution in [0.15, 0.2) is 0 Å². The zero-order valence-electron chi connectivity index (χ0n) is 13.0. The zero-order valence-corrected chi connectivity index (χ0v) is 13.0. The molecule has 0 saturated heterocycles. The summed E-state index contributed by atoms with van der Waals surface area (Å²) in [5.41, 5.74) is 7.28. The largest absolute Gasteiger partial charge is 0.327 e. The zero-order chi connectivity index (χ0) is 13.5. The first kappa shape index (κ1) is 13.9. The third-order valence-electron chi connectivity index (χ3n) is 6.64. The second kappa shape index (κ2) is 5.39. The lowest BCUT2D eigenvalue weighted by molar-refractivity contribution is 0.146. The molecule has 3 fully saturated rings. The summed E-state index contributed by atoms with van der Waals surface area (Å²) < 4.78 is 0. The van der Waals surface area contributed by atoms with Crippen molar-refractivity contribution < 1.29 is 0 Å². The fraction of sp³-hybridized carbons (Fsp3) is 1.00. The van der Waals surface area contributed by atoms with Crippen LogP contribution in [-0.4, -0.2) is 6.04 Å². The van der Waals surface area contributed by atoms with Crippen LogP contribution in [0.2, 0.25) is 0 Å². The van der Waals surface area contributed by atoms with Gasteiger partial charge in [-0.15, -0.1) is 0 Å². The van der Waals surface area contributed by atoms with Crippen molar-refractivity contribution >= 4 is 0 Å². The SMILES string of the molecule is CC(C)CC1(C(N)CC2CC3CCC2C3)CCCC1. The van der Waals surface area contributed by atoms with Crippen molar-refractivity contribution in [1.29, 1.82) is 0 Å². The normalized spacial score (nSPS) is 38.2. The molecule has 3 aliphatic carbocycles. The van der Waals surface area contributed by atoms with E-state index in [1.54, 1.807) is 0 Å². The van der Waals surface area contributed by atoms with Crippen molar-refractivity contribution in [2.75, 3.05) is 0 Å². The Kier molecular flexibility index (Phi) is 3.95. The summed E-state index contributed by atoms with van der Waals surface area (Å²) in [5, 5.41) is 0. The lowest BCUT2D eigenvalue weighted by Crippen LogP contribution is -2.42. The van der Waals surface area contributed by atoms with Crippen LogP contribution >= 0.6 is 0 Å². The molecule has 0 spiro atoms. The Hall–Kier alpha value is -0.0400. The van der Waals surface area contributed by atoms with Gasteiger partial charge in [0, 0.05) is 6.04 Å². The van der Waals surface area contributed by atoms with Gasteiger partial charge in [-0.3, -0.25) is 0 Å². The van der Waals surface area contributed by atoms with E-state index in [1.807, 2.05) is 0 Å². The first-order valence-electron chi connectivity index (χ1n) is 8.84. The predicted octanol–water partition coefficient (Wildman–Crippen LogP) is 4.75. The molecule has 4 atom stereocenters. The van der Waals surface area contributed by atoms with Crippen LogP contribution in [0.25, 0.3) is 0 Å². The van der Waals surface area contributed by atoms with Crippen molar-refractivity contribution in [3.05, 3.63) is 0 Å². The molecule has 0 aliphatic heterocycles. The van der Waals surface area contributed by atoms with Crippen molar-refractivity contribution in [2.45, 2.75) is 84.1 Å². The van der Waals surface area contributed by atoms with Gasteiger partial charge in [-0.1, -0.05) is 33.1 Å². The lowest BCUT2D eigenvalue weighted by Gasteiger charge is -2.39. The van der Waals surface area contributed by atoms with Gasteiger partial charge in [-0.25, -0.2) is 0 Å².